The number of carboxylic acid groups (broad SMARTS) is 1. The van der Waals surface area contributed by atoms with Gasteiger partial charge in [-0.15, -0.1) is 11.3 Å². The van der Waals surface area contributed by atoms with E-state index < -0.39 is 41.7 Å². The number of alkyl halides is 6. The molecular formula is C9H6F6N2O3S. The minimum Gasteiger partial charge on any atom is -0.481 e. The van der Waals surface area contributed by atoms with Gasteiger partial charge in [-0.2, -0.15) is 26.3 Å². The van der Waals surface area contributed by atoms with Crippen molar-refractivity contribution in [2.45, 2.75) is 18.8 Å². The standard InChI is InChI=1S/C9H6F6N2O3S/c10-8(11,12)5(9(13,14)15)6(20)17-7-16-3(2-21-7)1-4(18)19/h2,5H,1H2,(H,18,19)(H,16,17,20). The number of carbonyl (C=O) groups excluding carboxylic acids is 1. The lowest BCUT2D eigenvalue weighted by molar-refractivity contribution is -0.272. The SMILES string of the molecule is O=C(O)Cc1csc(NC(=O)C(C(F)(F)F)C(F)(F)F)n1. The molecule has 0 aliphatic rings. The molecule has 0 aliphatic heterocycles. The van der Waals surface area contributed by atoms with Gasteiger partial charge in [-0.3, -0.25) is 9.59 Å². The molecule has 0 spiro atoms. The summed E-state index contributed by atoms with van der Waals surface area (Å²) in [5, 5.41) is 10.4. The van der Waals surface area contributed by atoms with Gasteiger partial charge in [-0.05, 0) is 0 Å². The number of nitrogens with zero attached hydrogens (tertiary/aromatic N) is 1. The van der Waals surface area contributed by atoms with E-state index in [4.69, 9.17) is 5.11 Å². The van der Waals surface area contributed by atoms with Crippen molar-refractivity contribution >= 4 is 28.3 Å². The molecule has 0 fully saturated rings. The zero-order chi connectivity index (χ0) is 16.4. The molecule has 0 bridgehead atoms. The fraction of sp³-hybridized carbons (Fsp3) is 0.444. The normalized spacial score (nSPS) is 12.5. The van der Waals surface area contributed by atoms with E-state index in [2.05, 4.69) is 4.98 Å². The van der Waals surface area contributed by atoms with Crippen LogP contribution in [0.15, 0.2) is 5.38 Å². The van der Waals surface area contributed by atoms with Crippen molar-refractivity contribution in [3.05, 3.63) is 11.1 Å². The summed E-state index contributed by atoms with van der Waals surface area (Å²) >= 11 is 0.517. The zero-order valence-electron chi connectivity index (χ0n) is 9.75. The minimum atomic E-state index is -5.80. The summed E-state index contributed by atoms with van der Waals surface area (Å²) in [6, 6.07) is 0. The third kappa shape index (κ3) is 4.88. The molecule has 0 aromatic carbocycles. The van der Waals surface area contributed by atoms with Gasteiger partial charge < -0.3 is 10.4 Å². The van der Waals surface area contributed by atoms with Gasteiger partial charge in [-0.25, -0.2) is 4.98 Å². The number of anilines is 1. The van der Waals surface area contributed by atoms with Crippen LogP contribution in [0.4, 0.5) is 31.5 Å². The monoisotopic (exact) mass is 336 g/mol. The number of nitrogens with one attached hydrogen (secondary N) is 1. The van der Waals surface area contributed by atoms with Gasteiger partial charge in [0.05, 0.1) is 12.1 Å². The molecule has 12 heteroatoms. The maximum atomic E-state index is 12.3. The van der Waals surface area contributed by atoms with E-state index in [1.165, 1.54) is 5.32 Å². The van der Waals surface area contributed by atoms with Crippen molar-refractivity contribution in [2.75, 3.05) is 5.32 Å². The van der Waals surface area contributed by atoms with Crippen LogP contribution in [0.1, 0.15) is 5.69 Å². The van der Waals surface area contributed by atoms with Gasteiger partial charge in [-0.1, -0.05) is 0 Å². The Kier molecular flexibility index (Phi) is 4.81. The summed E-state index contributed by atoms with van der Waals surface area (Å²) < 4.78 is 73.6. The Morgan fingerprint density at radius 3 is 2.19 bits per heavy atom. The molecule has 0 unspecified atom stereocenters. The molecular weight excluding hydrogens is 330 g/mol. The lowest BCUT2D eigenvalue weighted by atomic mass is 10.1. The molecule has 0 aliphatic carbocycles. The molecule has 1 heterocycles. The predicted molar refractivity (Wildman–Crippen MR) is 57.7 cm³/mol. The minimum absolute atomic E-state index is 0.0987. The molecule has 5 nitrogen and oxygen atoms in total. The third-order valence-corrected chi connectivity index (χ3v) is 2.84. The van der Waals surface area contributed by atoms with Crippen LogP contribution in [-0.4, -0.2) is 34.3 Å². The second-order valence-electron chi connectivity index (χ2n) is 3.72. The van der Waals surface area contributed by atoms with E-state index in [0.29, 0.717) is 11.3 Å². The van der Waals surface area contributed by atoms with Gasteiger partial charge in [0.2, 0.25) is 11.8 Å². The largest absolute Gasteiger partial charge is 0.481 e. The molecule has 0 atom stereocenters. The van der Waals surface area contributed by atoms with Crippen molar-refractivity contribution in [3.63, 3.8) is 0 Å². The van der Waals surface area contributed by atoms with Gasteiger partial charge in [0.15, 0.2) is 5.13 Å². The van der Waals surface area contributed by atoms with Crippen molar-refractivity contribution in [2.24, 2.45) is 5.92 Å². The van der Waals surface area contributed by atoms with Crippen LogP contribution in [0.5, 0.6) is 0 Å². The number of carboxylic acids is 1. The first kappa shape index (κ1) is 17.2. The number of hydrogen-bond donors (Lipinski definition) is 2. The highest BCUT2D eigenvalue weighted by Gasteiger charge is 2.61. The third-order valence-electron chi connectivity index (χ3n) is 2.03. The summed E-state index contributed by atoms with van der Waals surface area (Å²) in [6.07, 6.45) is -12.2. The van der Waals surface area contributed by atoms with Gasteiger partial charge in [0.1, 0.15) is 0 Å². The number of aliphatic carboxylic acids is 1. The first-order valence-corrected chi connectivity index (χ1v) is 5.89. The molecule has 1 rings (SSSR count). The average molecular weight is 336 g/mol. The summed E-state index contributed by atoms with van der Waals surface area (Å²) in [6.45, 7) is 0. The average Bonchev–Trinajstić information content (AvgIpc) is 2.58. The van der Waals surface area contributed by atoms with Crippen LogP contribution < -0.4 is 5.32 Å². The Morgan fingerprint density at radius 2 is 1.76 bits per heavy atom. The number of amides is 1. The quantitative estimate of drug-likeness (QED) is 0.828. The van der Waals surface area contributed by atoms with Crippen molar-refractivity contribution < 1.29 is 41.0 Å². The van der Waals surface area contributed by atoms with E-state index in [9.17, 15) is 35.9 Å². The molecule has 0 radical (unpaired) electrons. The van der Waals surface area contributed by atoms with E-state index in [1.807, 2.05) is 0 Å². The number of halogens is 6. The van der Waals surface area contributed by atoms with Crippen molar-refractivity contribution in [3.8, 4) is 0 Å². The van der Waals surface area contributed by atoms with Crippen LogP contribution in [0, 0.1) is 5.92 Å². The van der Waals surface area contributed by atoms with Gasteiger partial charge in [0, 0.05) is 5.38 Å². The van der Waals surface area contributed by atoms with Crippen LogP contribution in [-0.2, 0) is 16.0 Å². The Bertz CT molecular complexity index is 524. The second-order valence-corrected chi connectivity index (χ2v) is 4.58. The topological polar surface area (TPSA) is 79.3 Å². The summed E-state index contributed by atoms with van der Waals surface area (Å²) in [5.41, 5.74) is -0.0987. The number of aromatic nitrogens is 1. The van der Waals surface area contributed by atoms with Crippen molar-refractivity contribution in [1.82, 2.24) is 4.98 Å². The first-order valence-electron chi connectivity index (χ1n) is 5.01. The maximum absolute atomic E-state index is 12.3. The molecule has 0 saturated carbocycles. The summed E-state index contributed by atoms with van der Waals surface area (Å²) in [5.74, 6) is -7.80. The zero-order valence-corrected chi connectivity index (χ0v) is 10.6. The molecule has 1 aromatic rings. The van der Waals surface area contributed by atoms with Gasteiger partial charge >= 0.3 is 18.3 Å². The summed E-state index contributed by atoms with van der Waals surface area (Å²) in [4.78, 5) is 24.9. The fourth-order valence-corrected chi connectivity index (χ4v) is 1.97. The second kappa shape index (κ2) is 5.87. The number of carbonyl (C=O) groups is 2. The molecule has 118 valence electrons. The highest BCUT2D eigenvalue weighted by molar-refractivity contribution is 7.13. The van der Waals surface area contributed by atoms with Crippen LogP contribution >= 0.6 is 11.3 Å². The Hall–Kier alpha value is -1.85. The van der Waals surface area contributed by atoms with Crippen molar-refractivity contribution in [1.29, 1.82) is 0 Å². The highest BCUT2D eigenvalue weighted by Crippen LogP contribution is 2.40. The maximum Gasteiger partial charge on any atom is 0.409 e. The smallest absolute Gasteiger partial charge is 0.409 e. The van der Waals surface area contributed by atoms with Gasteiger partial charge in [0.25, 0.3) is 0 Å². The van der Waals surface area contributed by atoms with Crippen LogP contribution in [0.25, 0.3) is 0 Å². The molecule has 21 heavy (non-hydrogen) atoms. The Labute approximate surface area is 116 Å². The van der Waals surface area contributed by atoms with E-state index in [0.717, 1.165) is 5.38 Å². The Morgan fingerprint density at radius 1 is 1.24 bits per heavy atom. The lowest BCUT2D eigenvalue weighted by Gasteiger charge is -2.21. The van der Waals surface area contributed by atoms with Crippen LogP contribution in [0.3, 0.4) is 0 Å². The predicted octanol–water partition coefficient (Wildman–Crippen LogP) is 2.45. The van der Waals surface area contributed by atoms with E-state index in [1.54, 1.807) is 0 Å². The van der Waals surface area contributed by atoms with Crippen LogP contribution in [0.2, 0.25) is 0 Å². The van der Waals surface area contributed by atoms with E-state index in [-0.39, 0.29) is 5.69 Å². The molecule has 0 saturated heterocycles. The molecule has 1 aromatic heterocycles. The molecule has 1 amide bonds. The summed E-state index contributed by atoms with van der Waals surface area (Å²) in [7, 11) is 0. The van der Waals surface area contributed by atoms with E-state index >= 15 is 0 Å². The highest BCUT2D eigenvalue weighted by atomic mass is 32.1. The Balaban J connectivity index is 2.88. The first-order chi connectivity index (χ1) is 9.41. The number of thiazole rings is 1. The lowest BCUT2D eigenvalue weighted by Crippen LogP contribution is -2.45. The number of hydrogen-bond acceptors (Lipinski definition) is 4. The molecule has 2 N–H and O–H groups in total. The number of rotatable bonds is 4. The fourth-order valence-electron chi connectivity index (χ4n) is 1.26.